The highest BCUT2D eigenvalue weighted by atomic mass is 32.2. The van der Waals surface area contributed by atoms with Crippen molar-refractivity contribution in [1.29, 1.82) is 5.26 Å². The molecule has 4 aromatic carbocycles. The molecule has 5 aromatic rings. The molecule has 0 saturated heterocycles. The molecule has 2 N–H and O–H groups in total. The standard InChI is InChI=1S/C33H25N5O4S2/c1-19-8-10-24(14-21(19)3)35-31(39)23(18-34)15-22-9-13-29(28(16-22)38(41)42)43-33-37-27-12-11-25(17-30(27)44-33)36-32(40)26-7-5-4-6-20(26)2/h4-17H,1-3H3,(H,35,39)(H,36,40)/b23-15+. The topological polar surface area (TPSA) is 138 Å². The Morgan fingerprint density at radius 1 is 0.932 bits per heavy atom. The number of rotatable bonds is 8. The van der Waals surface area contributed by atoms with Crippen molar-refractivity contribution >= 4 is 68.3 Å². The Morgan fingerprint density at radius 2 is 1.68 bits per heavy atom. The molecule has 0 spiro atoms. The monoisotopic (exact) mass is 619 g/mol. The van der Waals surface area contributed by atoms with Gasteiger partial charge in [-0.25, -0.2) is 4.98 Å². The van der Waals surface area contributed by atoms with Gasteiger partial charge < -0.3 is 10.6 Å². The molecule has 0 saturated carbocycles. The number of benzene rings is 4. The predicted octanol–water partition coefficient (Wildman–Crippen LogP) is 8.08. The molecule has 44 heavy (non-hydrogen) atoms. The zero-order chi connectivity index (χ0) is 31.4. The molecule has 11 heteroatoms. The number of hydrogen-bond donors (Lipinski definition) is 2. The molecule has 2 amide bonds. The molecular formula is C33H25N5O4S2. The largest absolute Gasteiger partial charge is 0.322 e. The number of hydrogen-bond acceptors (Lipinski definition) is 8. The predicted molar refractivity (Wildman–Crippen MR) is 174 cm³/mol. The Morgan fingerprint density at radius 3 is 2.41 bits per heavy atom. The number of carbonyl (C=O) groups is 2. The number of nitriles is 1. The Labute approximate surface area is 261 Å². The summed E-state index contributed by atoms with van der Waals surface area (Å²) in [6.07, 6.45) is 1.32. The van der Waals surface area contributed by atoms with Gasteiger partial charge in [-0.05, 0) is 91.6 Å². The van der Waals surface area contributed by atoms with Crippen LogP contribution in [0.1, 0.15) is 32.6 Å². The highest BCUT2D eigenvalue weighted by Gasteiger charge is 2.19. The van der Waals surface area contributed by atoms with Crippen LogP contribution in [0, 0.1) is 42.2 Å². The summed E-state index contributed by atoms with van der Waals surface area (Å²) in [6.45, 7) is 5.75. The molecule has 0 bridgehead atoms. The summed E-state index contributed by atoms with van der Waals surface area (Å²) in [6, 6.07) is 24.5. The number of aryl methyl sites for hydroxylation is 3. The maximum atomic E-state index is 12.8. The number of nitrogens with zero attached hydrogens (tertiary/aromatic N) is 3. The van der Waals surface area contributed by atoms with E-state index in [9.17, 15) is 25.0 Å². The summed E-state index contributed by atoms with van der Waals surface area (Å²) in [5, 5.41) is 27.2. The van der Waals surface area contributed by atoms with Gasteiger partial charge in [-0.3, -0.25) is 19.7 Å². The van der Waals surface area contributed by atoms with Crippen molar-refractivity contribution in [3.63, 3.8) is 0 Å². The fourth-order valence-electron chi connectivity index (χ4n) is 4.33. The number of anilines is 2. The lowest BCUT2D eigenvalue weighted by molar-refractivity contribution is -0.387. The second kappa shape index (κ2) is 12.9. The maximum Gasteiger partial charge on any atom is 0.283 e. The van der Waals surface area contributed by atoms with E-state index in [2.05, 4.69) is 15.6 Å². The van der Waals surface area contributed by atoms with Crippen LogP contribution in [-0.4, -0.2) is 21.7 Å². The van der Waals surface area contributed by atoms with E-state index in [1.165, 1.54) is 23.5 Å². The van der Waals surface area contributed by atoms with Gasteiger partial charge in [0, 0.05) is 23.0 Å². The number of nitrogens with one attached hydrogen (secondary N) is 2. The first-order valence-electron chi connectivity index (χ1n) is 13.4. The summed E-state index contributed by atoms with van der Waals surface area (Å²) < 4.78 is 1.39. The van der Waals surface area contributed by atoms with Crippen molar-refractivity contribution in [1.82, 2.24) is 4.98 Å². The van der Waals surface area contributed by atoms with E-state index >= 15 is 0 Å². The van der Waals surface area contributed by atoms with E-state index in [0.29, 0.717) is 37.3 Å². The molecule has 0 aliphatic rings. The van der Waals surface area contributed by atoms with Crippen molar-refractivity contribution in [2.24, 2.45) is 0 Å². The molecule has 0 fully saturated rings. The van der Waals surface area contributed by atoms with E-state index in [1.54, 1.807) is 36.4 Å². The average molecular weight is 620 g/mol. The molecule has 9 nitrogen and oxygen atoms in total. The van der Waals surface area contributed by atoms with Gasteiger partial charge in [-0.1, -0.05) is 42.1 Å². The zero-order valence-corrected chi connectivity index (χ0v) is 25.5. The number of amides is 2. The van der Waals surface area contributed by atoms with Crippen LogP contribution < -0.4 is 10.6 Å². The molecular weight excluding hydrogens is 595 g/mol. The van der Waals surface area contributed by atoms with Crippen LogP contribution in [0.4, 0.5) is 17.1 Å². The van der Waals surface area contributed by atoms with E-state index in [1.807, 2.05) is 63.2 Å². The first-order valence-corrected chi connectivity index (χ1v) is 15.0. The van der Waals surface area contributed by atoms with Crippen molar-refractivity contribution < 1.29 is 14.5 Å². The summed E-state index contributed by atoms with van der Waals surface area (Å²) in [7, 11) is 0. The third-order valence-corrected chi connectivity index (χ3v) is 8.98. The number of aromatic nitrogens is 1. The Bertz CT molecular complexity index is 2030. The molecule has 0 aliphatic heterocycles. The number of nitro groups is 1. The summed E-state index contributed by atoms with van der Waals surface area (Å²) in [4.78, 5) is 41.9. The van der Waals surface area contributed by atoms with Crippen LogP contribution in [0.5, 0.6) is 0 Å². The molecule has 0 radical (unpaired) electrons. The lowest BCUT2D eigenvalue weighted by Gasteiger charge is -2.07. The van der Waals surface area contributed by atoms with Crippen LogP contribution >= 0.6 is 23.1 Å². The minimum absolute atomic E-state index is 0.180. The molecule has 0 aliphatic carbocycles. The first-order chi connectivity index (χ1) is 21.1. The molecule has 0 unspecified atom stereocenters. The van der Waals surface area contributed by atoms with Crippen molar-refractivity contribution in [2.45, 2.75) is 30.0 Å². The second-order valence-corrected chi connectivity index (χ2v) is 12.3. The molecule has 0 atom stereocenters. The lowest BCUT2D eigenvalue weighted by atomic mass is 10.1. The number of nitro benzene ring substituents is 1. The number of fused-ring (bicyclic) bond motifs is 1. The molecule has 5 rings (SSSR count). The smallest absolute Gasteiger partial charge is 0.283 e. The SMILES string of the molecule is Cc1ccc(NC(=O)/C(C#N)=C/c2ccc(Sc3nc4ccc(NC(=O)c5ccccc5C)cc4s3)c([N+](=O)[O-])c2)cc1C. The molecule has 218 valence electrons. The lowest BCUT2D eigenvalue weighted by Crippen LogP contribution is -2.13. The van der Waals surface area contributed by atoms with Gasteiger partial charge in [-0.15, -0.1) is 11.3 Å². The fourth-order valence-corrected chi connectivity index (χ4v) is 6.48. The van der Waals surface area contributed by atoms with Gasteiger partial charge in [-0.2, -0.15) is 5.26 Å². The van der Waals surface area contributed by atoms with E-state index in [0.717, 1.165) is 33.2 Å². The van der Waals surface area contributed by atoms with E-state index in [-0.39, 0.29) is 17.2 Å². The van der Waals surface area contributed by atoms with Gasteiger partial charge in [0.1, 0.15) is 11.6 Å². The average Bonchev–Trinajstić information content (AvgIpc) is 3.40. The second-order valence-electron chi connectivity index (χ2n) is 9.94. The van der Waals surface area contributed by atoms with Crippen LogP contribution in [0.25, 0.3) is 16.3 Å². The van der Waals surface area contributed by atoms with E-state index < -0.39 is 10.8 Å². The summed E-state index contributed by atoms with van der Waals surface area (Å²) in [5.41, 5.74) is 5.35. The normalized spacial score (nSPS) is 11.2. The zero-order valence-electron chi connectivity index (χ0n) is 23.9. The van der Waals surface area contributed by atoms with Gasteiger partial charge in [0.2, 0.25) is 0 Å². The van der Waals surface area contributed by atoms with Crippen LogP contribution in [0.2, 0.25) is 0 Å². The molecule has 1 heterocycles. The van der Waals surface area contributed by atoms with Crippen molar-refractivity contribution in [3.8, 4) is 6.07 Å². The van der Waals surface area contributed by atoms with Crippen LogP contribution in [-0.2, 0) is 4.79 Å². The Balaban J connectivity index is 1.34. The minimum atomic E-state index is -0.610. The van der Waals surface area contributed by atoms with Crippen LogP contribution in [0.3, 0.4) is 0 Å². The number of thiazole rings is 1. The quantitative estimate of drug-likeness (QED) is 0.0775. The number of carbonyl (C=O) groups excluding carboxylic acids is 2. The highest BCUT2D eigenvalue weighted by molar-refractivity contribution is 8.01. The fraction of sp³-hybridized carbons (Fsp3) is 0.0909. The summed E-state index contributed by atoms with van der Waals surface area (Å²) in [5.74, 6) is -0.825. The van der Waals surface area contributed by atoms with Gasteiger partial charge in [0.15, 0.2) is 4.34 Å². The minimum Gasteiger partial charge on any atom is -0.322 e. The van der Waals surface area contributed by atoms with Crippen molar-refractivity contribution in [3.05, 3.63) is 122 Å². The maximum absolute atomic E-state index is 12.8. The van der Waals surface area contributed by atoms with E-state index in [4.69, 9.17) is 0 Å². The third-order valence-electron chi connectivity index (χ3n) is 6.83. The Hall–Kier alpha value is -5.31. The highest BCUT2D eigenvalue weighted by Crippen LogP contribution is 2.40. The van der Waals surface area contributed by atoms with Gasteiger partial charge in [0.05, 0.1) is 20.0 Å². The van der Waals surface area contributed by atoms with Gasteiger partial charge >= 0.3 is 0 Å². The Kier molecular flexibility index (Phi) is 8.85. The van der Waals surface area contributed by atoms with Crippen molar-refractivity contribution in [2.75, 3.05) is 10.6 Å². The third kappa shape index (κ3) is 6.83. The van der Waals surface area contributed by atoms with Gasteiger partial charge in [0.25, 0.3) is 17.5 Å². The molecule has 1 aromatic heterocycles. The first kappa shape index (κ1) is 30.2. The summed E-state index contributed by atoms with van der Waals surface area (Å²) >= 11 is 2.49. The van der Waals surface area contributed by atoms with Crippen LogP contribution in [0.15, 0.2) is 93.7 Å².